The maximum Gasteiger partial charge on any atom is 0.345 e. The highest BCUT2D eigenvalue weighted by atomic mass is 32.1. The highest BCUT2D eigenvalue weighted by molar-refractivity contribution is 7.14. The van der Waals surface area contributed by atoms with E-state index in [4.69, 9.17) is 4.74 Å². The third-order valence-corrected chi connectivity index (χ3v) is 7.22. The Morgan fingerprint density at radius 2 is 1.96 bits per heavy atom. The summed E-state index contributed by atoms with van der Waals surface area (Å²) in [5.74, 6) is -0.747. The molecule has 2 aliphatic heterocycles. The first-order chi connectivity index (χ1) is 13.5. The van der Waals surface area contributed by atoms with Gasteiger partial charge in [-0.05, 0) is 42.9 Å². The average Bonchev–Trinajstić information content (AvgIpc) is 3.15. The first-order valence-electron chi connectivity index (χ1n) is 9.82. The molecule has 1 N–H and O–H groups in total. The summed E-state index contributed by atoms with van der Waals surface area (Å²) in [5, 5.41) is 9.33. The van der Waals surface area contributed by atoms with Gasteiger partial charge in [-0.15, -0.1) is 11.3 Å². The zero-order valence-corrected chi connectivity index (χ0v) is 16.8. The zero-order valence-electron chi connectivity index (χ0n) is 16.0. The average molecular weight is 400 g/mol. The largest absolute Gasteiger partial charge is 0.477 e. The van der Waals surface area contributed by atoms with Crippen LogP contribution >= 0.6 is 11.3 Å². The fraction of sp³-hybridized carbons (Fsp3) is 0.455. The van der Waals surface area contributed by atoms with E-state index in [0.29, 0.717) is 24.6 Å². The molecule has 1 saturated heterocycles. The van der Waals surface area contributed by atoms with Gasteiger partial charge in [-0.25, -0.2) is 4.79 Å². The lowest BCUT2D eigenvalue weighted by Crippen LogP contribution is -2.49. The van der Waals surface area contributed by atoms with Crippen LogP contribution in [0, 0.1) is 5.92 Å². The highest BCUT2D eigenvalue weighted by Crippen LogP contribution is 2.45. The van der Waals surface area contributed by atoms with Crippen molar-refractivity contribution in [3.63, 3.8) is 0 Å². The van der Waals surface area contributed by atoms with Gasteiger partial charge in [-0.3, -0.25) is 4.79 Å². The number of thiophene rings is 1. The fourth-order valence-corrected chi connectivity index (χ4v) is 5.60. The molecular formula is C22H25NO4S. The predicted octanol–water partition coefficient (Wildman–Crippen LogP) is 3.72. The Kier molecular flexibility index (Phi) is 5.25. The number of piperidine rings is 1. The number of rotatable bonds is 4. The van der Waals surface area contributed by atoms with Crippen LogP contribution in [0.2, 0.25) is 0 Å². The SMILES string of the molecule is CC(Cc1ccccc1)C(=O)N1CCC2(CC1)OCCc1cc(C(=O)O)sc12. The van der Waals surface area contributed by atoms with Crippen molar-refractivity contribution < 1.29 is 19.4 Å². The molecule has 0 aliphatic carbocycles. The smallest absolute Gasteiger partial charge is 0.345 e. The second kappa shape index (κ2) is 7.68. The Labute approximate surface area is 168 Å². The van der Waals surface area contributed by atoms with Crippen LogP contribution < -0.4 is 0 Å². The van der Waals surface area contributed by atoms with E-state index in [1.807, 2.05) is 30.0 Å². The van der Waals surface area contributed by atoms with Gasteiger partial charge in [0.2, 0.25) is 5.91 Å². The normalized spacial score (nSPS) is 19.2. The van der Waals surface area contributed by atoms with Gasteiger partial charge in [-0.1, -0.05) is 37.3 Å². The van der Waals surface area contributed by atoms with E-state index in [9.17, 15) is 14.7 Å². The number of hydrogen-bond donors (Lipinski definition) is 1. The number of carbonyl (C=O) groups is 2. The molecule has 1 aromatic carbocycles. The van der Waals surface area contributed by atoms with Crippen LogP contribution in [0.3, 0.4) is 0 Å². The molecule has 2 aromatic rings. The second-order valence-corrected chi connectivity index (χ2v) is 8.83. The molecule has 1 spiro atoms. The van der Waals surface area contributed by atoms with Gasteiger partial charge in [0.25, 0.3) is 0 Å². The molecule has 1 amide bonds. The predicted molar refractivity (Wildman–Crippen MR) is 108 cm³/mol. The molecule has 5 nitrogen and oxygen atoms in total. The Hall–Kier alpha value is -2.18. The van der Waals surface area contributed by atoms with Gasteiger partial charge in [0.05, 0.1) is 6.61 Å². The van der Waals surface area contributed by atoms with Crippen LogP contribution in [-0.4, -0.2) is 41.6 Å². The number of amides is 1. The van der Waals surface area contributed by atoms with Crippen molar-refractivity contribution in [3.05, 3.63) is 57.3 Å². The third-order valence-electron chi connectivity index (χ3n) is 5.87. The molecule has 0 saturated carbocycles. The van der Waals surface area contributed by atoms with E-state index in [1.165, 1.54) is 16.9 Å². The lowest BCUT2D eigenvalue weighted by Gasteiger charge is -2.44. The lowest BCUT2D eigenvalue weighted by molar-refractivity contribution is -0.143. The number of carboxylic acids is 1. The summed E-state index contributed by atoms with van der Waals surface area (Å²) in [5.41, 5.74) is 1.86. The Bertz CT molecular complexity index is 868. The maximum absolute atomic E-state index is 12.9. The minimum atomic E-state index is -0.878. The number of likely N-dealkylation sites (tertiary alicyclic amines) is 1. The first kappa shape index (κ1) is 19.2. The number of nitrogens with zero attached hydrogens (tertiary/aromatic N) is 1. The van der Waals surface area contributed by atoms with Crippen LogP contribution in [0.25, 0.3) is 0 Å². The van der Waals surface area contributed by atoms with E-state index in [2.05, 4.69) is 12.1 Å². The highest BCUT2D eigenvalue weighted by Gasteiger charge is 2.43. The van der Waals surface area contributed by atoms with Crippen molar-refractivity contribution in [3.8, 4) is 0 Å². The molecule has 1 atom stereocenters. The number of fused-ring (bicyclic) bond motifs is 2. The van der Waals surface area contributed by atoms with Gasteiger partial charge in [0.15, 0.2) is 0 Å². The summed E-state index contributed by atoms with van der Waals surface area (Å²) >= 11 is 1.34. The van der Waals surface area contributed by atoms with E-state index >= 15 is 0 Å². The minimum absolute atomic E-state index is 0.0559. The van der Waals surface area contributed by atoms with Crippen molar-refractivity contribution in [2.75, 3.05) is 19.7 Å². The second-order valence-electron chi connectivity index (χ2n) is 7.78. The molecule has 3 heterocycles. The van der Waals surface area contributed by atoms with Crippen molar-refractivity contribution in [2.45, 2.75) is 38.2 Å². The van der Waals surface area contributed by atoms with Gasteiger partial charge in [0, 0.05) is 23.9 Å². The van der Waals surface area contributed by atoms with Gasteiger partial charge in [-0.2, -0.15) is 0 Å². The summed E-state index contributed by atoms with van der Waals surface area (Å²) < 4.78 is 6.19. The molecule has 6 heteroatoms. The molecule has 0 radical (unpaired) electrons. The molecule has 2 aliphatic rings. The summed E-state index contributed by atoms with van der Waals surface area (Å²) in [6.45, 7) is 3.91. The van der Waals surface area contributed by atoms with Crippen LogP contribution in [-0.2, 0) is 28.0 Å². The van der Waals surface area contributed by atoms with Crippen molar-refractivity contribution in [2.24, 2.45) is 5.92 Å². The third kappa shape index (κ3) is 3.59. The Balaban J connectivity index is 1.44. The van der Waals surface area contributed by atoms with Gasteiger partial charge < -0.3 is 14.7 Å². The molecular weight excluding hydrogens is 374 g/mol. The number of ether oxygens (including phenoxy) is 1. The molecule has 0 bridgehead atoms. The minimum Gasteiger partial charge on any atom is -0.477 e. The summed E-state index contributed by atoms with van der Waals surface area (Å²) in [6.07, 6.45) is 2.96. The van der Waals surface area contributed by atoms with E-state index < -0.39 is 11.6 Å². The van der Waals surface area contributed by atoms with Gasteiger partial charge in [0.1, 0.15) is 10.5 Å². The topological polar surface area (TPSA) is 66.8 Å². The molecule has 28 heavy (non-hydrogen) atoms. The summed E-state index contributed by atoms with van der Waals surface area (Å²) in [6, 6.07) is 11.9. The molecule has 1 aromatic heterocycles. The number of carboxylic acid groups (broad SMARTS) is 1. The van der Waals surface area contributed by atoms with Crippen LogP contribution in [0.15, 0.2) is 36.4 Å². The van der Waals surface area contributed by atoms with Crippen LogP contribution in [0.5, 0.6) is 0 Å². The Morgan fingerprint density at radius 3 is 2.64 bits per heavy atom. The standard InChI is InChI=1S/C22H25NO4S/c1-15(13-16-5-3-2-4-6-16)20(24)23-10-8-22(9-11-23)19-17(7-12-27-22)14-18(28-19)21(25)26/h2-6,14-15H,7-13H2,1H3,(H,25,26). The first-order valence-corrected chi connectivity index (χ1v) is 10.6. The van der Waals surface area contributed by atoms with Crippen molar-refractivity contribution in [1.82, 2.24) is 4.90 Å². The maximum atomic E-state index is 12.9. The summed E-state index contributed by atoms with van der Waals surface area (Å²) in [7, 11) is 0. The molecule has 1 fully saturated rings. The number of benzene rings is 1. The van der Waals surface area contributed by atoms with E-state index in [1.54, 1.807) is 6.07 Å². The quantitative estimate of drug-likeness (QED) is 0.851. The summed E-state index contributed by atoms with van der Waals surface area (Å²) in [4.78, 5) is 27.7. The number of aromatic carboxylic acids is 1. The fourth-order valence-electron chi connectivity index (χ4n) is 4.35. The van der Waals surface area contributed by atoms with Gasteiger partial charge >= 0.3 is 5.97 Å². The van der Waals surface area contributed by atoms with E-state index in [-0.39, 0.29) is 11.8 Å². The van der Waals surface area contributed by atoms with Crippen LogP contribution in [0.4, 0.5) is 0 Å². The zero-order chi connectivity index (χ0) is 19.7. The molecule has 4 rings (SSSR count). The Morgan fingerprint density at radius 1 is 1.25 bits per heavy atom. The number of hydrogen-bond acceptors (Lipinski definition) is 4. The monoisotopic (exact) mass is 399 g/mol. The molecule has 1 unspecified atom stereocenters. The molecule has 148 valence electrons. The van der Waals surface area contributed by atoms with Crippen molar-refractivity contribution >= 4 is 23.2 Å². The van der Waals surface area contributed by atoms with Crippen molar-refractivity contribution in [1.29, 1.82) is 0 Å². The van der Waals surface area contributed by atoms with Crippen LogP contribution in [0.1, 0.15) is 45.4 Å². The lowest BCUT2D eigenvalue weighted by atomic mass is 9.84. The number of carbonyl (C=O) groups excluding carboxylic acids is 1. The van der Waals surface area contributed by atoms with E-state index in [0.717, 1.165) is 36.1 Å².